The number of aromatic nitrogens is 1. The molecule has 0 saturated carbocycles. The van der Waals surface area contributed by atoms with Crippen molar-refractivity contribution in [3.63, 3.8) is 0 Å². The van der Waals surface area contributed by atoms with E-state index in [2.05, 4.69) is 15.0 Å². The van der Waals surface area contributed by atoms with Crippen molar-refractivity contribution in [3.8, 4) is 0 Å². The molecular weight excluding hydrogens is 226 g/mol. The van der Waals surface area contributed by atoms with Crippen molar-refractivity contribution in [2.75, 3.05) is 12.4 Å². The third-order valence-corrected chi connectivity index (χ3v) is 3.93. The van der Waals surface area contributed by atoms with E-state index in [1.54, 1.807) is 19.3 Å². The maximum Gasteiger partial charge on any atom is 0.244 e. The summed E-state index contributed by atoms with van der Waals surface area (Å²) in [7, 11) is -1.81. The molecule has 0 fully saturated rings. The van der Waals surface area contributed by atoms with Gasteiger partial charge in [-0.25, -0.2) is 13.1 Å². The average Bonchev–Trinajstić information content (AvgIpc) is 2.28. The van der Waals surface area contributed by atoms with E-state index in [1.165, 1.54) is 6.20 Å². The molecule has 0 aromatic carbocycles. The summed E-state index contributed by atoms with van der Waals surface area (Å²) in [6.45, 7) is 3.75. The van der Waals surface area contributed by atoms with Gasteiger partial charge in [-0.3, -0.25) is 4.98 Å². The second kappa shape index (κ2) is 5.27. The van der Waals surface area contributed by atoms with Gasteiger partial charge in [0.2, 0.25) is 10.0 Å². The lowest BCUT2D eigenvalue weighted by atomic mass is 10.3. The predicted octanol–water partition coefficient (Wildman–Crippen LogP) is 1.20. The Morgan fingerprint density at radius 3 is 2.75 bits per heavy atom. The van der Waals surface area contributed by atoms with Gasteiger partial charge < -0.3 is 5.32 Å². The molecule has 1 heterocycles. The molecule has 0 amide bonds. The fourth-order valence-electron chi connectivity index (χ4n) is 1.21. The van der Waals surface area contributed by atoms with E-state index in [0.29, 0.717) is 5.69 Å². The summed E-state index contributed by atoms with van der Waals surface area (Å²) in [6, 6.07) is 1.54. The molecule has 0 bridgehead atoms. The number of pyridine rings is 1. The van der Waals surface area contributed by atoms with Crippen molar-refractivity contribution >= 4 is 15.7 Å². The molecule has 6 heteroatoms. The zero-order valence-electron chi connectivity index (χ0n) is 9.69. The first-order chi connectivity index (χ1) is 7.51. The van der Waals surface area contributed by atoms with Crippen molar-refractivity contribution in [3.05, 3.63) is 18.5 Å². The van der Waals surface area contributed by atoms with E-state index in [9.17, 15) is 8.42 Å². The number of nitrogens with one attached hydrogen (secondary N) is 2. The number of sulfonamides is 1. The van der Waals surface area contributed by atoms with E-state index >= 15 is 0 Å². The van der Waals surface area contributed by atoms with Gasteiger partial charge in [0.1, 0.15) is 4.90 Å². The molecule has 0 aliphatic rings. The maximum absolute atomic E-state index is 12.0. The van der Waals surface area contributed by atoms with E-state index in [1.807, 2.05) is 13.8 Å². The molecule has 1 rings (SSSR count). The van der Waals surface area contributed by atoms with Crippen LogP contribution < -0.4 is 10.0 Å². The van der Waals surface area contributed by atoms with Crippen LogP contribution in [0.5, 0.6) is 0 Å². The third kappa shape index (κ3) is 2.93. The molecule has 0 aliphatic heterocycles. The molecular formula is C10H17N3O2S. The van der Waals surface area contributed by atoms with Gasteiger partial charge >= 0.3 is 0 Å². The molecule has 2 N–H and O–H groups in total. The average molecular weight is 243 g/mol. The van der Waals surface area contributed by atoms with E-state index in [4.69, 9.17) is 0 Å². The molecule has 0 aliphatic carbocycles. The Bertz CT molecular complexity index is 445. The van der Waals surface area contributed by atoms with Crippen LogP contribution in [0.1, 0.15) is 20.3 Å². The lowest BCUT2D eigenvalue weighted by Crippen LogP contribution is -2.32. The highest BCUT2D eigenvalue weighted by atomic mass is 32.2. The van der Waals surface area contributed by atoms with Gasteiger partial charge in [0, 0.05) is 25.5 Å². The molecule has 1 aromatic heterocycles. The maximum atomic E-state index is 12.0. The summed E-state index contributed by atoms with van der Waals surface area (Å²) in [5, 5.41) is 2.83. The second-order valence-corrected chi connectivity index (χ2v) is 5.23. The van der Waals surface area contributed by atoms with Crippen LogP contribution in [0.15, 0.2) is 23.4 Å². The zero-order chi connectivity index (χ0) is 12.2. The minimum Gasteiger partial charge on any atom is -0.387 e. The summed E-state index contributed by atoms with van der Waals surface area (Å²) in [5.74, 6) is 0. The monoisotopic (exact) mass is 243 g/mol. The minimum absolute atomic E-state index is 0.0880. The highest BCUT2D eigenvalue weighted by Gasteiger charge is 2.19. The smallest absolute Gasteiger partial charge is 0.244 e. The molecule has 16 heavy (non-hydrogen) atoms. The van der Waals surface area contributed by atoms with E-state index < -0.39 is 10.0 Å². The Hall–Kier alpha value is -1.14. The second-order valence-electron chi connectivity index (χ2n) is 3.55. The van der Waals surface area contributed by atoms with Crippen LogP contribution in [0.3, 0.4) is 0 Å². The summed E-state index contributed by atoms with van der Waals surface area (Å²) in [4.78, 5) is 4.01. The zero-order valence-corrected chi connectivity index (χ0v) is 10.5. The third-order valence-electron chi connectivity index (χ3n) is 2.31. The SMILES string of the molecule is CCC(C)NS(=O)(=O)c1cnccc1NC. The van der Waals surface area contributed by atoms with Gasteiger partial charge in [-0.05, 0) is 19.4 Å². The van der Waals surface area contributed by atoms with Crippen molar-refractivity contribution in [2.24, 2.45) is 0 Å². The fourth-order valence-corrected chi connectivity index (χ4v) is 2.69. The number of rotatable bonds is 5. The molecule has 0 spiro atoms. The highest BCUT2D eigenvalue weighted by molar-refractivity contribution is 7.89. The molecule has 1 atom stereocenters. The lowest BCUT2D eigenvalue weighted by Gasteiger charge is -2.14. The Morgan fingerprint density at radius 1 is 1.50 bits per heavy atom. The van der Waals surface area contributed by atoms with Crippen LogP contribution in [0.25, 0.3) is 0 Å². The molecule has 0 saturated heterocycles. The first kappa shape index (κ1) is 12.9. The van der Waals surface area contributed by atoms with Crippen LogP contribution in [0, 0.1) is 0 Å². The Balaban J connectivity index is 3.07. The lowest BCUT2D eigenvalue weighted by molar-refractivity contribution is 0.556. The van der Waals surface area contributed by atoms with Crippen molar-refractivity contribution in [1.29, 1.82) is 0 Å². The van der Waals surface area contributed by atoms with Crippen LogP contribution >= 0.6 is 0 Å². The van der Waals surface area contributed by atoms with Gasteiger partial charge in [-0.1, -0.05) is 6.92 Å². The molecule has 90 valence electrons. The standard InChI is InChI=1S/C10H17N3O2S/c1-4-8(2)13-16(14,15)10-7-12-6-5-9(10)11-3/h5-8,13H,4H2,1-3H3,(H,11,12). The van der Waals surface area contributed by atoms with Crippen LogP contribution in [0.2, 0.25) is 0 Å². The van der Waals surface area contributed by atoms with Crippen LogP contribution in [-0.4, -0.2) is 26.5 Å². The Kier molecular flexibility index (Phi) is 4.26. The van der Waals surface area contributed by atoms with Gasteiger partial charge in [0.25, 0.3) is 0 Å². The first-order valence-electron chi connectivity index (χ1n) is 5.15. The van der Waals surface area contributed by atoms with E-state index in [0.717, 1.165) is 6.42 Å². The van der Waals surface area contributed by atoms with Gasteiger partial charge in [-0.2, -0.15) is 0 Å². The fraction of sp³-hybridized carbons (Fsp3) is 0.500. The van der Waals surface area contributed by atoms with Gasteiger partial charge in [0.15, 0.2) is 0 Å². The highest BCUT2D eigenvalue weighted by Crippen LogP contribution is 2.18. The van der Waals surface area contributed by atoms with Crippen molar-refractivity contribution < 1.29 is 8.42 Å². The first-order valence-corrected chi connectivity index (χ1v) is 6.63. The number of hydrogen-bond donors (Lipinski definition) is 2. The quantitative estimate of drug-likeness (QED) is 0.815. The van der Waals surface area contributed by atoms with Crippen LogP contribution in [-0.2, 0) is 10.0 Å². The number of anilines is 1. The summed E-state index contributed by atoms with van der Waals surface area (Å²) in [6.07, 6.45) is 3.64. The molecule has 1 aromatic rings. The molecule has 0 radical (unpaired) electrons. The topological polar surface area (TPSA) is 71.1 Å². The number of nitrogens with zero attached hydrogens (tertiary/aromatic N) is 1. The summed E-state index contributed by atoms with van der Waals surface area (Å²) in [5.41, 5.74) is 0.547. The van der Waals surface area contributed by atoms with Crippen molar-refractivity contribution in [2.45, 2.75) is 31.2 Å². The Morgan fingerprint density at radius 2 is 2.19 bits per heavy atom. The molecule has 1 unspecified atom stereocenters. The largest absolute Gasteiger partial charge is 0.387 e. The summed E-state index contributed by atoms with van der Waals surface area (Å²) >= 11 is 0. The van der Waals surface area contributed by atoms with Crippen molar-refractivity contribution in [1.82, 2.24) is 9.71 Å². The predicted molar refractivity (Wildman–Crippen MR) is 63.9 cm³/mol. The summed E-state index contributed by atoms with van der Waals surface area (Å²) < 4.78 is 26.6. The van der Waals surface area contributed by atoms with Gasteiger partial charge in [0.05, 0.1) is 5.69 Å². The van der Waals surface area contributed by atoms with E-state index in [-0.39, 0.29) is 10.9 Å². The Labute approximate surface area is 96.3 Å². The van der Waals surface area contributed by atoms with Gasteiger partial charge in [-0.15, -0.1) is 0 Å². The number of hydrogen-bond acceptors (Lipinski definition) is 4. The minimum atomic E-state index is -3.49. The van der Waals surface area contributed by atoms with Crippen LogP contribution in [0.4, 0.5) is 5.69 Å². The molecule has 5 nitrogen and oxygen atoms in total. The normalized spacial score (nSPS) is 13.4.